The molecule has 2 aliphatic rings. The first kappa shape index (κ1) is 13.3. The maximum absolute atomic E-state index is 11.2. The first-order chi connectivity index (χ1) is 10.7. The van der Waals surface area contributed by atoms with Crippen molar-refractivity contribution in [1.29, 1.82) is 0 Å². The van der Waals surface area contributed by atoms with Crippen molar-refractivity contribution < 1.29 is 14.3 Å². The Bertz CT molecular complexity index is 767. The second-order valence-corrected chi connectivity index (χ2v) is 5.61. The number of nitrogens with two attached hydrogens (primary N) is 1. The molecule has 2 aromatic rings. The molecule has 0 aromatic carbocycles. The van der Waals surface area contributed by atoms with E-state index in [1.807, 2.05) is 10.9 Å². The predicted octanol–water partition coefficient (Wildman–Crippen LogP) is 0.849. The fraction of sp³-hybridized carbons (Fsp3) is 0.400. The number of aromatic nitrogens is 3. The van der Waals surface area contributed by atoms with Crippen molar-refractivity contribution in [1.82, 2.24) is 14.8 Å². The first-order valence-corrected chi connectivity index (χ1v) is 7.28. The lowest BCUT2D eigenvalue weighted by molar-refractivity contribution is 0.0382. The molecule has 0 bridgehead atoms. The zero-order valence-corrected chi connectivity index (χ0v) is 11.9. The highest BCUT2D eigenvalue weighted by atomic mass is 16.6. The Morgan fingerprint density at radius 3 is 3.27 bits per heavy atom. The molecule has 22 heavy (non-hydrogen) atoms. The molecule has 0 aliphatic carbocycles. The molecule has 4 heterocycles. The number of ether oxygens (including phenoxy) is 2. The van der Waals surface area contributed by atoms with Crippen molar-refractivity contribution in [2.45, 2.75) is 19.1 Å². The van der Waals surface area contributed by atoms with Gasteiger partial charge in [-0.3, -0.25) is 9.48 Å². The zero-order valence-electron chi connectivity index (χ0n) is 11.9. The maximum atomic E-state index is 11.2. The summed E-state index contributed by atoms with van der Waals surface area (Å²) in [6.07, 6.45) is 6.36. The highest BCUT2D eigenvalue weighted by molar-refractivity contribution is 5.95. The third kappa shape index (κ3) is 2.23. The van der Waals surface area contributed by atoms with Crippen molar-refractivity contribution >= 4 is 16.9 Å². The molecule has 4 rings (SSSR count). The van der Waals surface area contributed by atoms with Gasteiger partial charge in [-0.2, -0.15) is 5.10 Å². The van der Waals surface area contributed by atoms with Crippen LogP contribution >= 0.6 is 0 Å². The second kappa shape index (κ2) is 5.10. The van der Waals surface area contributed by atoms with Crippen molar-refractivity contribution in [3.63, 3.8) is 0 Å². The van der Waals surface area contributed by atoms with Crippen molar-refractivity contribution in [2.75, 3.05) is 13.2 Å². The van der Waals surface area contributed by atoms with Gasteiger partial charge in [0.05, 0.1) is 25.3 Å². The first-order valence-electron chi connectivity index (χ1n) is 7.28. The zero-order chi connectivity index (χ0) is 15.1. The Morgan fingerprint density at radius 1 is 1.50 bits per heavy atom. The third-order valence-electron chi connectivity index (χ3n) is 4.05. The molecule has 7 heteroatoms. The third-order valence-corrected chi connectivity index (χ3v) is 4.05. The number of hydrogen-bond donors (Lipinski definition) is 1. The molecular formula is C15H16N4O3. The lowest BCUT2D eigenvalue weighted by atomic mass is 10.0. The van der Waals surface area contributed by atoms with E-state index in [4.69, 9.17) is 15.2 Å². The second-order valence-electron chi connectivity index (χ2n) is 5.61. The van der Waals surface area contributed by atoms with Crippen molar-refractivity contribution in [3.05, 3.63) is 35.9 Å². The summed E-state index contributed by atoms with van der Waals surface area (Å²) in [5.74, 6) is 0.690. The van der Waals surface area contributed by atoms with Crippen LogP contribution in [0.25, 0.3) is 11.0 Å². The molecular weight excluding hydrogens is 284 g/mol. The number of fused-ring (bicyclic) bond motifs is 2. The molecule has 2 aromatic heterocycles. The molecule has 0 saturated carbocycles. The highest BCUT2D eigenvalue weighted by Crippen LogP contribution is 2.31. The number of carbonyl (C=O) groups excluding carboxylic acids is 1. The minimum absolute atomic E-state index is 0.0233. The van der Waals surface area contributed by atoms with E-state index < -0.39 is 5.91 Å². The van der Waals surface area contributed by atoms with Gasteiger partial charge in [0.25, 0.3) is 0 Å². The van der Waals surface area contributed by atoms with Gasteiger partial charge in [0.15, 0.2) is 5.65 Å². The smallest absolute Gasteiger partial charge is 0.250 e. The van der Waals surface area contributed by atoms with Gasteiger partial charge in [-0.05, 0) is 18.6 Å². The maximum Gasteiger partial charge on any atom is 0.250 e. The summed E-state index contributed by atoms with van der Waals surface area (Å²) in [5, 5.41) is 5.24. The summed E-state index contributed by atoms with van der Waals surface area (Å²) in [4.78, 5) is 15.4. The number of carbonyl (C=O) groups is 1. The summed E-state index contributed by atoms with van der Waals surface area (Å²) < 4.78 is 13.3. The molecule has 2 aliphatic heterocycles. The van der Waals surface area contributed by atoms with E-state index in [2.05, 4.69) is 16.2 Å². The Labute approximate surface area is 126 Å². The van der Waals surface area contributed by atoms with E-state index in [1.165, 1.54) is 6.20 Å². The van der Waals surface area contributed by atoms with Crippen LogP contribution in [0.5, 0.6) is 0 Å². The van der Waals surface area contributed by atoms with Crippen LogP contribution in [0.15, 0.2) is 30.3 Å². The van der Waals surface area contributed by atoms with Crippen LogP contribution in [0.3, 0.4) is 0 Å². The number of nitrogens with zero attached hydrogens (tertiary/aromatic N) is 3. The standard InChI is InChI=1S/C15H16N4O3/c16-14(20)9-4-10-6-19(18-15(10)17-5-9)7-11-8-22-12-2-1-3-21-13(11)12/h2,4-6,11,13H,1,3,7-8H2,(H2,16,20). The molecule has 2 atom stereocenters. The minimum Gasteiger partial charge on any atom is -0.495 e. The van der Waals surface area contributed by atoms with Crippen LogP contribution in [0.2, 0.25) is 0 Å². The monoisotopic (exact) mass is 300 g/mol. The molecule has 2 unspecified atom stereocenters. The summed E-state index contributed by atoms with van der Waals surface area (Å²) in [6, 6.07) is 1.71. The van der Waals surface area contributed by atoms with Crippen LogP contribution in [0.4, 0.5) is 0 Å². The van der Waals surface area contributed by atoms with Crippen molar-refractivity contribution in [2.24, 2.45) is 11.7 Å². The molecule has 114 valence electrons. The van der Waals surface area contributed by atoms with E-state index in [0.717, 1.165) is 24.2 Å². The summed E-state index contributed by atoms with van der Waals surface area (Å²) in [5.41, 5.74) is 6.26. The Morgan fingerprint density at radius 2 is 2.41 bits per heavy atom. The fourth-order valence-electron chi connectivity index (χ4n) is 2.98. The normalized spacial score (nSPS) is 23.9. The van der Waals surface area contributed by atoms with Crippen LogP contribution in [-0.4, -0.2) is 40.0 Å². The van der Waals surface area contributed by atoms with Gasteiger partial charge in [0, 0.05) is 23.7 Å². The Hall–Kier alpha value is -2.41. The van der Waals surface area contributed by atoms with E-state index in [-0.39, 0.29) is 12.0 Å². The summed E-state index contributed by atoms with van der Waals surface area (Å²) in [7, 11) is 0. The van der Waals surface area contributed by atoms with Gasteiger partial charge in [-0.25, -0.2) is 4.98 Å². The summed E-state index contributed by atoms with van der Waals surface area (Å²) in [6.45, 7) is 2.05. The molecule has 1 saturated heterocycles. The molecule has 1 fully saturated rings. The molecule has 0 radical (unpaired) electrons. The topological polar surface area (TPSA) is 92.3 Å². The Kier molecular flexibility index (Phi) is 3.07. The van der Waals surface area contributed by atoms with E-state index in [1.54, 1.807) is 6.07 Å². The molecule has 0 spiro atoms. The molecule has 1 amide bonds. The van der Waals surface area contributed by atoms with Gasteiger partial charge >= 0.3 is 0 Å². The number of amides is 1. The number of primary amides is 1. The van der Waals surface area contributed by atoms with E-state index in [9.17, 15) is 4.79 Å². The van der Waals surface area contributed by atoms with E-state index in [0.29, 0.717) is 24.4 Å². The lowest BCUT2D eigenvalue weighted by Gasteiger charge is -2.20. The average molecular weight is 300 g/mol. The fourth-order valence-corrected chi connectivity index (χ4v) is 2.98. The average Bonchev–Trinajstić information content (AvgIpc) is 3.10. The van der Waals surface area contributed by atoms with Crippen LogP contribution in [-0.2, 0) is 16.0 Å². The predicted molar refractivity (Wildman–Crippen MR) is 77.9 cm³/mol. The van der Waals surface area contributed by atoms with Gasteiger partial charge in [0.1, 0.15) is 11.9 Å². The minimum atomic E-state index is -0.489. The van der Waals surface area contributed by atoms with E-state index >= 15 is 0 Å². The quantitative estimate of drug-likeness (QED) is 0.907. The molecule has 2 N–H and O–H groups in total. The van der Waals surface area contributed by atoms with Crippen LogP contribution in [0, 0.1) is 5.92 Å². The van der Waals surface area contributed by atoms with Gasteiger partial charge in [-0.15, -0.1) is 0 Å². The van der Waals surface area contributed by atoms with Gasteiger partial charge < -0.3 is 15.2 Å². The molecule has 7 nitrogen and oxygen atoms in total. The number of rotatable bonds is 3. The summed E-state index contributed by atoms with van der Waals surface area (Å²) >= 11 is 0. The number of pyridine rings is 1. The van der Waals surface area contributed by atoms with Crippen LogP contribution < -0.4 is 5.73 Å². The van der Waals surface area contributed by atoms with Crippen molar-refractivity contribution in [3.8, 4) is 0 Å². The van der Waals surface area contributed by atoms with Gasteiger partial charge in [-0.1, -0.05) is 0 Å². The largest absolute Gasteiger partial charge is 0.495 e. The SMILES string of the molecule is NC(=O)c1cnc2nn(CC3COC4=CCCOC43)cc2c1. The van der Waals surface area contributed by atoms with Gasteiger partial charge in [0.2, 0.25) is 5.91 Å². The lowest BCUT2D eigenvalue weighted by Crippen LogP contribution is -2.27. The highest BCUT2D eigenvalue weighted by Gasteiger charge is 2.36. The van der Waals surface area contributed by atoms with Crippen LogP contribution in [0.1, 0.15) is 16.8 Å². The number of hydrogen-bond acceptors (Lipinski definition) is 5. The Balaban J connectivity index is 1.58.